The zero-order valence-corrected chi connectivity index (χ0v) is 11.6. The zero-order chi connectivity index (χ0) is 12.7. The van der Waals surface area contributed by atoms with Gasteiger partial charge in [0.1, 0.15) is 5.54 Å². The van der Waals surface area contributed by atoms with Crippen LogP contribution in [0.25, 0.3) is 0 Å². The third-order valence-electron chi connectivity index (χ3n) is 3.58. The predicted octanol–water partition coefficient (Wildman–Crippen LogP) is 2.39. The molecule has 0 aliphatic heterocycles. The van der Waals surface area contributed by atoms with Crippen LogP contribution in [0.5, 0.6) is 0 Å². The Bertz CT molecular complexity index is 255. The second-order valence-corrected chi connectivity index (χ2v) is 5.38. The molecular weight excluding hydrogens is 210 g/mol. The van der Waals surface area contributed by atoms with E-state index in [0.717, 1.165) is 26.1 Å². The smallest absolute Gasteiger partial charge is 0.122 e. The molecule has 0 spiro atoms. The lowest BCUT2D eigenvalue weighted by Crippen LogP contribution is -2.54. The summed E-state index contributed by atoms with van der Waals surface area (Å²) in [5, 5.41) is 13.0. The molecule has 1 aliphatic rings. The quantitative estimate of drug-likeness (QED) is 0.669. The Morgan fingerprint density at radius 1 is 1.35 bits per heavy atom. The third-order valence-corrected chi connectivity index (χ3v) is 3.58. The number of hydrogen-bond acceptors (Lipinski definition) is 3. The van der Waals surface area contributed by atoms with Crippen molar-refractivity contribution in [1.29, 1.82) is 5.26 Å². The van der Waals surface area contributed by atoms with Crippen LogP contribution in [0.3, 0.4) is 0 Å². The summed E-state index contributed by atoms with van der Waals surface area (Å²) in [6.07, 6.45) is 5.96. The predicted molar refractivity (Wildman–Crippen MR) is 71.8 cm³/mol. The van der Waals surface area contributed by atoms with Crippen molar-refractivity contribution >= 4 is 0 Å². The number of unbranched alkanes of at least 4 members (excludes halogenated alkanes) is 1. The van der Waals surface area contributed by atoms with E-state index in [1.165, 1.54) is 25.7 Å². The Kier molecular flexibility index (Phi) is 5.94. The molecule has 0 radical (unpaired) electrons. The highest BCUT2D eigenvalue weighted by Gasteiger charge is 2.45. The van der Waals surface area contributed by atoms with Gasteiger partial charge in [0.2, 0.25) is 0 Å². The molecule has 17 heavy (non-hydrogen) atoms. The average molecular weight is 237 g/mol. The Hall–Kier alpha value is -0.590. The Labute approximate surface area is 106 Å². The largest absolute Gasteiger partial charge is 0.303 e. The van der Waals surface area contributed by atoms with Crippen LogP contribution in [-0.4, -0.2) is 37.1 Å². The van der Waals surface area contributed by atoms with Crippen LogP contribution in [0, 0.1) is 17.2 Å². The lowest BCUT2D eigenvalue weighted by Gasteiger charge is -2.32. The number of likely N-dealkylation sites (N-methyl/N-ethyl adjacent to an activating group) is 1. The van der Waals surface area contributed by atoms with Crippen molar-refractivity contribution in [3.8, 4) is 6.07 Å². The minimum absolute atomic E-state index is 0.293. The molecule has 3 heteroatoms. The molecule has 0 saturated heterocycles. The first kappa shape index (κ1) is 14.5. The fraction of sp³-hybridized carbons (Fsp3) is 0.929. The van der Waals surface area contributed by atoms with Crippen molar-refractivity contribution in [2.24, 2.45) is 5.92 Å². The second kappa shape index (κ2) is 6.98. The summed E-state index contributed by atoms with van der Waals surface area (Å²) in [6, 6.07) is 2.57. The van der Waals surface area contributed by atoms with Gasteiger partial charge in [0.05, 0.1) is 6.07 Å². The lowest BCUT2D eigenvalue weighted by atomic mass is 9.94. The van der Waals surface area contributed by atoms with Gasteiger partial charge in [0.25, 0.3) is 0 Å². The van der Waals surface area contributed by atoms with Crippen LogP contribution in [0.15, 0.2) is 0 Å². The molecule has 1 atom stereocenters. The number of nitriles is 1. The molecule has 0 bridgehead atoms. The standard InChI is InChI=1S/C14H27N3/c1-4-6-10-17(3)12-14(11-15,13-7-8-13)16-9-5-2/h13,16H,4-10,12H2,1-3H3. The molecule has 0 heterocycles. The second-order valence-electron chi connectivity index (χ2n) is 5.38. The number of nitrogens with one attached hydrogen (secondary N) is 1. The normalized spacial score (nSPS) is 19.0. The Morgan fingerprint density at radius 2 is 2.06 bits per heavy atom. The molecule has 3 nitrogen and oxygen atoms in total. The van der Waals surface area contributed by atoms with Gasteiger partial charge in [-0.25, -0.2) is 0 Å². The molecule has 0 aromatic rings. The highest BCUT2D eigenvalue weighted by Crippen LogP contribution is 2.39. The maximum absolute atomic E-state index is 9.55. The minimum atomic E-state index is -0.293. The van der Waals surface area contributed by atoms with Crippen molar-refractivity contribution in [1.82, 2.24) is 10.2 Å². The molecule has 1 fully saturated rings. The van der Waals surface area contributed by atoms with E-state index in [9.17, 15) is 5.26 Å². The summed E-state index contributed by atoms with van der Waals surface area (Å²) in [6.45, 7) is 7.28. The zero-order valence-electron chi connectivity index (χ0n) is 11.6. The molecule has 98 valence electrons. The molecule has 1 aliphatic carbocycles. The average Bonchev–Trinajstić information content (AvgIpc) is 3.16. The van der Waals surface area contributed by atoms with E-state index in [-0.39, 0.29) is 5.54 Å². The summed E-state index contributed by atoms with van der Waals surface area (Å²) in [5.74, 6) is 0.572. The summed E-state index contributed by atoms with van der Waals surface area (Å²) in [4.78, 5) is 2.31. The van der Waals surface area contributed by atoms with E-state index >= 15 is 0 Å². The molecule has 0 aromatic heterocycles. The van der Waals surface area contributed by atoms with Crippen molar-refractivity contribution in [2.45, 2.75) is 51.5 Å². The monoisotopic (exact) mass is 237 g/mol. The minimum Gasteiger partial charge on any atom is -0.303 e. The molecule has 1 N–H and O–H groups in total. The summed E-state index contributed by atoms with van der Waals surface area (Å²) >= 11 is 0. The Morgan fingerprint density at radius 3 is 2.53 bits per heavy atom. The van der Waals surface area contributed by atoms with Crippen LogP contribution in [0.2, 0.25) is 0 Å². The van der Waals surface area contributed by atoms with E-state index in [0.29, 0.717) is 5.92 Å². The highest BCUT2D eigenvalue weighted by molar-refractivity contribution is 5.16. The fourth-order valence-corrected chi connectivity index (χ4v) is 2.35. The first-order valence-electron chi connectivity index (χ1n) is 7.03. The van der Waals surface area contributed by atoms with Crippen molar-refractivity contribution < 1.29 is 0 Å². The molecule has 1 unspecified atom stereocenters. The van der Waals surface area contributed by atoms with E-state index in [4.69, 9.17) is 0 Å². The van der Waals surface area contributed by atoms with Crippen LogP contribution < -0.4 is 5.32 Å². The van der Waals surface area contributed by atoms with Gasteiger partial charge in [-0.2, -0.15) is 5.26 Å². The fourth-order valence-electron chi connectivity index (χ4n) is 2.35. The summed E-state index contributed by atoms with van der Waals surface area (Å²) in [7, 11) is 2.14. The van der Waals surface area contributed by atoms with Crippen LogP contribution >= 0.6 is 0 Å². The lowest BCUT2D eigenvalue weighted by molar-refractivity contribution is 0.226. The molecule has 0 amide bonds. The Balaban J connectivity index is 2.53. The van der Waals surface area contributed by atoms with Gasteiger partial charge in [-0.05, 0) is 51.7 Å². The van der Waals surface area contributed by atoms with Gasteiger partial charge in [-0.3, -0.25) is 5.32 Å². The van der Waals surface area contributed by atoms with Crippen LogP contribution in [0.4, 0.5) is 0 Å². The van der Waals surface area contributed by atoms with Gasteiger partial charge >= 0.3 is 0 Å². The maximum Gasteiger partial charge on any atom is 0.122 e. The van der Waals surface area contributed by atoms with E-state index in [1.807, 2.05) is 0 Å². The van der Waals surface area contributed by atoms with E-state index in [2.05, 4.69) is 37.2 Å². The molecule has 0 aromatic carbocycles. The van der Waals surface area contributed by atoms with Crippen LogP contribution in [-0.2, 0) is 0 Å². The van der Waals surface area contributed by atoms with Gasteiger partial charge in [0, 0.05) is 6.54 Å². The van der Waals surface area contributed by atoms with Gasteiger partial charge in [-0.1, -0.05) is 20.3 Å². The first-order chi connectivity index (χ1) is 8.18. The van der Waals surface area contributed by atoms with Gasteiger partial charge < -0.3 is 4.90 Å². The summed E-state index contributed by atoms with van der Waals surface area (Å²) < 4.78 is 0. The van der Waals surface area contributed by atoms with Crippen molar-refractivity contribution in [3.05, 3.63) is 0 Å². The number of hydrogen-bond donors (Lipinski definition) is 1. The molecular formula is C14H27N3. The van der Waals surface area contributed by atoms with Crippen molar-refractivity contribution in [2.75, 3.05) is 26.7 Å². The van der Waals surface area contributed by atoms with Crippen molar-refractivity contribution in [3.63, 3.8) is 0 Å². The topological polar surface area (TPSA) is 39.1 Å². The molecule has 1 rings (SSSR count). The van der Waals surface area contributed by atoms with Gasteiger partial charge in [0.15, 0.2) is 0 Å². The van der Waals surface area contributed by atoms with E-state index in [1.54, 1.807) is 0 Å². The molecule has 1 saturated carbocycles. The summed E-state index contributed by atoms with van der Waals surface area (Å²) in [5.41, 5.74) is -0.293. The number of rotatable bonds is 9. The maximum atomic E-state index is 9.55. The van der Waals surface area contributed by atoms with Gasteiger partial charge in [-0.15, -0.1) is 0 Å². The SMILES string of the molecule is CCCCN(C)CC(C#N)(NCCC)C1CC1. The first-order valence-corrected chi connectivity index (χ1v) is 7.03. The van der Waals surface area contributed by atoms with Crippen LogP contribution in [0.1, 0.15) is 46.0 Å². The highest BCUT2D eigenvalue weighted by atomic mass is 15.2. The third kappa shape index (κ3) is 4.29. The number of nitrogens with zero attached hydrogens (tertiary/aromatic N) is 2. The van der Waals surface area contributed by atoms with E-state index < -0.39 is 0 Å².